The highest BCUT2D eigenvalue weighted by molar-refractivity contribution is 9.10. The molecule has 2 N–H and O–H groups in total. The second kappa shape index (κ2) is 4.38. The molecule has 2 nitrogen and oxygen atoms in total. The summed E-state index contributed by atoms with van der Waals surface area (Å²) in [4.78, 5) is 0. The van der Waals surface area contributed by atoms with Gasteiger partial charge in [-0.15, -0.1) is 0 Å². The van der Waals surface area contributed by atoms with Gasteiger partial charge in [0.1, 0.15) is 5.75 Å². The zero-order valence-corrected chi connectivity index (χ0v) is 11.4. The molecule has 0 aromatic heterocycles. The minimum Gasteiger partial charge on any atom is -0.495 e. The van der Waals surface area contributed by atoms with Crippen molar-refractivity contribution in [2.24, 2.45) is 5.73 Å². The third-order valence-electron chi connectivity index (χ3n) is 3.66. The van der Waals surface area contributed by atoms with Crippen LogP contribution in [0, 0.1) is 6.92 Å². The summed E-state index contributed by atoms with van der Waals surface area (Å²) in [7, 11) is 1.72. The lowest BCUT2D eigenvalue weighted by Crippen LogP contribution is -2.41. The number of rotatable bonds is 3. The van der Waals surface area contributed by atoms with Gasteiger partial charge < -0.3 is 10.5 Å². The molecular formula is C13H18BrNO. The molecule has 3 heteroatoms. The van der Waals surface area contributed by atoms with Crippen LogP contribution in [0.5, 0.6) is 5.75 Å². The van der Waals surface area contributed by atoms with Crippen molar-refractivity contribution in [3.63, 3.8) is 0 Å². The molecule has 0 radical (unpaired) electrons. The molecule has 0 atom stereocenters. The van der Waals surface area contributed by atoms with Crippen molar-refractivity contribution in [2.75, 3.05) is 13.7 Å². The normalized spacial score (nSPS) is 18.0. The Hall–Kier alpha value is -0.540. The van der Waals surface area contributed by atoms with Crippen molar-refractivity contribution >= 4 is 15.9 Å². The summed E-state index contributed by atoms with van der Waals surface area (Å²) in [5.41, 5.74) is 8.63. The zero-order valence-electron chi connectivity index (χ0n) is 9.85. The van der Waals surface area contributed by atoms with Crippen LogP contribution in [0.15, 0.2) is 16.6 Å². The van der Waals surface area contributed by atoms with Crippen LogP contribution < -0.4 is 10.5 Å². The van der Waals surface area contributed by atoms with Gasteiger partial charge >= 0.3 is 0 Å². The van der Waals surface area contributed by atoms with E-state index in [2.05, 4.69) is 35.0 Å². The van der Waals surface area contributed by atoms with E-state index in [-0.39, 0.29) is 5.41 Å². The molecule has 0 spiro atoms. The number of hydrogen-bond donors (Lipinski definition) is 1. The number of ether oxygens (including phenoxy) is 1. The molecule has 0 amide bonds. The summed E-state index contributed by atoms with van der Waals surface area (Å²) in [6.07, 6.45) is 3.62. The van der Waals surface area contributed by atoms with Gasteiger partial charge in [-0.25, -0.2) is 0 Å². The number of benzene rings is 1. The Morgan fingerprint density at radius 2 is 2.12 bits per heavy atom. The molecule has 1 aliphatic carbocycles. The largest absolute Gasteiger partial charge is 0.495 e. The van der Waals surface area contributed by atoms with E-state index < -0.39 is 0 Å². The quantitative estimate of drug-likeness (QED) is 0.925. The van der Waals surface area contributed by atoms with E-state index in [9.17, 15) is 0 Å². The van der Waals surface area contributed by atoms with Crippen LogP contribution in [0.25, 0.3) is 0 Å². The average molecular weight is 284 g/mol. The van der Waals surface area contributed by atoms with E-state index in [0.717, 1.165) is 10.2 Å². The van der Waals surface area contributed by atoms with Crippen LogP contribution in [-0.4, -0.2) is 13.7 Å². The maximum atomic E-state index is 5.95. The molecule has 1 aromatic rings. The molecule has 0 bridgehead atoms. The molecule has 0 unspecified atom stereocenters. The molecule has 88 valence electrons. The first kappa shape index (κ1) is 11.9. The molecular weight excluding hydrogens is 266 g/mol. The van der Waals surface area contributed by atoms with Crippen molar-refractivity contribution in [2.45, 2.75) is 31.6 Å². The SMILES string of the molecule is COc1c(Br)cc(C)cc1C1(CN)CCC1. The Morgan fingerprint density at radius 3 is 2.56 bits per heavy atom. The van der Waals surface area contributed by atoms with Gasteiger partial charge in [0.05, 0.1) is 11.6 Å². The lowest BCUT2D eigenvalue weighted by molar-refractivity contribution is 0.243. The summed E-state index contributed by atoms with van der Waals surface area (Å²) in [6, 6.07) is 4.31. The molecule has 1 saturated carbocycles. The van der Waals surface area contributed by atoms with Crippen LogP contribution in [0.3, 0.4) is 0 Å². The molecule has 1 aromatic carbocycles. The highest BCUT2D eigenvalue weighted by Gasteiger charge is 2.40. The third kappa shape index (κ3) is 1.76. The summed E-state index contributed by atoms with van der Waals surface area (Å²) < 4.78 is 6.54. The first-order valence-corrected chi connectivity index (χ1v) is 6.47. The van der Waals surface area contributed by atoms with E-state index in [1.807, 2.05) is 0 Å². The van der Waals surface area contributed by atoms with Crippen molar-refractivity contribution in [3.8, 4) is 5.75 Å². The van der Waals surface area contributed by atoms with E-state index >= 15 is 0 Å². The summed E-state index contributed by atoms with van der Waals surface area (Å²) >= 11 is 3.57. The number of hydrogen-bond acceptors (Lipinski definition) is 2. The number of halogens is 1. The lowest BCUT2D eigenvalue weighted by atomic mass is 9.64. The highest BCUT2D eigenvalue weighted by Crippen LogP contribution is 2.48. The molecule has 0 aliphatic heterocycles. The maximum absolute atomic E-state index is 5.95. The first-order valence-electron chi connectivity index (χ1n) is 5.67. The van der Waals surface area contributed by atoms with Gasteiger partial charge in [0.15, 0.2) is 0 Å². The van der Waals surface area contributed by atoms with Gasteiger partial charge in [-0.1, -0.05) is 12.5 Å². The Morgan fingerprint density at radius 1 is 1.44 bits per heavy atom. The maximum Gasteiger partial charge on any atom is 0.136 e. The van der Waals surface area contributed by atoms with Crippen molar-refractivity contribution < 1.29 is 4.74 Å². The standard InChI is InChI=1S/C13H18BrNO/c1-9-6-10(12(16-2)11(14)7-9)13(8-15)4-3-5-13/h6-7H,3-5,8,15H2,1-2H3. The minimum atomic E-state index is 0.153. The van der Waals surface area contributed by atoms with Crippen LogP contribution in [0.1, 0.15) is 30.4 Å². The topological polar surface area (TPSA) is 35.2 Å². The number of aryl methyl sites for hydroxylation is 1. The second-order valence-corrected chi connectivity index (χ2v) is 5.52. The van der Waals surface area contributed by atoms with Crippen LogP contribution >= 0.6 is 15.9 Å². The van der Waals surface area contributed by atoms with Gasteiger partial charge in [-0.3, -0.25) is 0 Å². The van der Waals surface area contributed by atoms with Crippen LogP contribution in [0.4, 0.5) is 0 Å². The summed E-state index contributed by atoms with van der Waals surface area (Å²) in [6.45, 7) is 2.82. The van der Waals surface area contributed by atoms with E-state index in [1.165, 1.54) is 30.4 Å². The van der Waals surface area contributed by atoms with Crippen LogP contribution in [-0.2, 0) is 5.41 Å². The van der Waals surface area contributed by atoms with E-state index in [1.54, 1.807) is 7.11 Å². The fraction of sp³-hybridized carbons (Fsp3) is 0.538. The van der Waals surface area contributed by atoms with Gasteiger partial charge in [-0.05, 0) is 47.3 Å². The summed E-state index contributed by atoms with van der Waals surface area (Å²) in [5, 5.41) is 0. The molecule has 2 rings (SSSR count). The lowest BCUT2D eigenvalue weighted by Gasteiger charge is -2.42. The van der Waals surface area contributed by atoms with Gasteiger partial charge in [0, 0.05) is 17.5 Å². The third-order valence-corrected chi connectivity index (χ3v) is 4.25. The van der Waals surface area contributed by atoms with Gasteiger partial charge in [0.2, 0.25) is 0 Å². The van der Waals surface area contributed by atoms with Crippen molar-refractivity contribution in [3.05, 3.63) is 27.7 Å². The Bertz CT molecular complexity index is 394. The Kier molecular flexibility index (Phi) is 3.27. The molecule has 0 saturated heterocycles. The molecule has 16 heavy (non-hydrogen) atoms. The predicted octanol–water partition coefficient (Wildman–Crippen LogP) is 3.15. The predicted molar refractivity (Wildman–Crippen MR) is 70.0 cm³/mol. The fourth-order valence-corrected chi connectivity index (χ4v) is 3.25. The van der Waals surface area contributed by atoms with Gasteiger partial charge in [0.25, 0.3) is 0 Å². The van der Waals surface area contributed by atoms with Crippen LogP contribution in [0.2, 0.25) is 0 Å². The molecule has 1 fully saturated rings. The second-order valence-electron chi connectivity index (χ2n) is 4.67. The first-order chi connectivity index (χ1) is 7.63. The Labute approximate surface area is 105 Å². The minimum absolute atomic E-state index is 0.153. The number of nitrogens with two attached hydrogens (primary N) is 1. The van der Waals surface area contributed by atoms with E-state index in [0.29, 0.717) is 6.54 Å². The fourth-order valence-electron chi connectivity index (χ4n) is 2.52. The average Bonchev–Trinajstić information content (AvgIpc) is 2.16. The molecule has 0 heterocycles. The smallest absolute Gasteiger partial charge is 0.136 e. The number of methoxy groups -OCH3 is 1. The summed E-state index contributed by atoms with van der Waals surface area (Å²) in [5.74, 6) is 0.954. The monoisotopic (exact) mass is 283 g/mol. The van der Waals surface area contributed by atoms with Crippen molar-refractivity contribution in [1.29, 1.82) is 0 Å². The van der Waals surface area contributed by atoms with Gasteiger partial charge in [-0.2, -0.15) is 0 Å². The molecule has 1 aliphatic rings. The zero-order chi connectivity index (χ0) is 11.8. The van der Waals surface area contributed by atoms with Crippen molar-refractivity contribution in [1.82, 2.24) is 0 Å². The Balaban J connectivity index is 2.53. The highest BCUT2D eigenvalue weighted by atomic mass is 79.9. The van der Waals surface area contributed by atoms with E-state index in [4.69, 9.17) is 10.5 Å².